The first kappa shape index (κ1) is 18.4. The van der Waals surface area contributed by atoms with Crippen LogP contribution in [0.4, 0.5) is 13.2 Å². The molecular weight excluding hydrogens is 317 g/mol. The molecule has 1 saturated heterocycles. The van der Waals surface area contributed by atoms with Gasteiger partial charge in [-0.2, -0.15) is 13.2 Å². The van der Waals surface area contributed by atoms with E-state index >= 15 is 0 Å². The van der Waals surface area contributed by atoms with Gasteiger partial charge in [-0.05, 0) is 49.5 Å². The Labute approximate surface area is 140 Å². The lowest BCUT2D eigenvalue weighted by Gasteiger charge is -2.35. The fraction of sp³-hybridized carbons (Fsp3) is 0.444. The van der Waals surface area contributed by atoms with E-state index in [1.54, 1.807) is 18.2 Å². The lowest BCUT2D eigenvalue weighted by molar-refractivity contribution is -0.137. The first-order chi connectivity index (χ1) is 11.3. The average Bonchev–Trinajstić information content (AvgIpc) is 2.54. The number of benzene rings is 1. The van der Waals surface area contributed by atoms with Crippen LogP contribution in [0.3, 0.4) is 0 Å². The quantitative estimate of drug-likeness (QED) is 0.631. The molecule has 0 aromatic heterocycles. The van der Waals surface area contributed by atoms with Crippen molar-refractivity contribution in [3.05, 3.63) is 60.0 Å². The van der Waals surface area contributed by atoms with Gasteiger partial charge in [0, 0.05) is 18.3 Å². The van der Waals surface area contributed by atoms with Gasteiger partial charge in [0.1, 0.15) is 12.4 Å². The molecule has 0 spiro atoms. The van der Waals surface area contributed by atoms with E-state index in [0.29, 0.717) is 12.4 Å². The molecule has 3 atom stereocenters. The fourth-order valence-electron chi connectivity index (χ4n) is 3.11. The highest BCUT2D eigenvalue weighted by Gasteiger charge is 2.31. The van der Waals surface area contributed by atoms with Gasteiger partial charge < -0.3 is 15.8 Å². The maximum atomic E-state index is 12.7. The van der Waals surface area contributed by atoms with Gasteiger partial charge in [-0.25, -0.2) is 0 Å². The summed E-state index contributed by atoms with van der Waals surface area (Å²) in [6.45, 7) is 6.12. The van der Waals surface area contributed by atoms with Crippen molar-refractivity contribution in [3.63, 3.8) is 0 Å². The number of alkyl halides is 3. The third-order valence-electron chi connectivity index (χ3n) is 4.25. The molecule has 132 valence electrons. The minimum Gasteiger partial charge on any atom is -0.490 e. The van der Waals surface area contributed by atoms with Crippen molar-refractivity contribution in [2.45, 2.75) is 43.9 Å². The Hall–Kier alpha value is -1.95. The smallest absolute Gasteiger partial charge is 0.416 e. The zero-order valence-corrected chi connectivity index (χ0v) is 13.6. The lowest BCUT2D eigenvalue weighted by Crippen LogP contribution is -2.45. The molecular formula is C18H23F3N2O. The molecule has 0 amide bonds. The van der Waals surface area contributed by atoms with Gasteiger partial charge in [-0.1, -0.05) is 18.7 Å². The topological polar surface area (TPSA) is 47.3 Å². The van der Waals surface area contributed by atoms with Crippen LogP contribution in [0, 0.1) is 0 Å². The van der Waals surface area contributed by atoms with E-state index < -0.39 is 11.7 Å². The summed E-state index contributed by atoms with van der Waals surface area (Å²) in [6, 6.07) is 5.84. The highest BCUT2D eigenvalue weighted by Crippen LogP contribution is 2.34. The zero-order chi connectivity index (χ0) is 17.7. The third-order valence-corrected chi connectivity index (χ3v) is 4.25. The van der Waals surface area contributed by atoms with Gasteiger partial charge >= 0.3 is 6.18 Å². The Kier molecular flexibility index (Phi) is 5.94. The van der Waals surface area contributed by atoms with Crippen LogP contribution >= 0.6 is 0 Å². The molecule has 3 nitrogen and oxygen atoms in total. The summed E-state index contributed by atoms with van der Waals surface area (Å²) in [7, 11) is 0. The average molecular weight is 340 g/mol. The summed E-state index contributed by atoms with van der Waals surface area (Å²) in [5.74, 6) is 0.715. The predicted octanol–water partition coefficient (Wildman–Crippen LogP) is 3.93. The number of hydrogen-bond donors (Lipinski definition) is 2. The molecule has 6 heteroatoms. The summed E-state index contributed by atoms with van der Waals surface area (Å²) in [5.41, 5.74) is 5.74. The number of hydrogen-bond acceptors (Lipinski definition) is 3. The summed E-state index contributed by atoms with van der Waals surface area (Å²) < 4.78 is 43.6. The largest absolute Gasteiger partial charge is 0.490 e. The summed E-state index contributed by atoms with van der Waals surface area (Å²) in [5, 5.41) is 3.45. The zero-order valence-electron chi connectivity index (χ0n) is 13.6. The van der Waals surface area contributed by atoms with E-state index in [9.17, 15) is 13.2 Å². The minimum absolute atomic E-state index is 0.107. The molecule has 2 rings (SSSR count). The third kappa shape index (κ3) is 4.77. The molecule has 1 aromatic rings. The fourth-order valence-corrected chi connectivity index (χ4v) is 3.11. The van der Waals surface area contributed by atoms with E-state index in [1.807, 2.05) is 0 Å². The van der Waals surface area contributed by atoms with E-state index in [-0.39, 0.29) is 18.0 Å². The number of rotatable bonds is 5. The highest BCUT2D eigenvalue weighted by molar-refractivity contribution is 5.28. The van der Waals surface area contributed by atoms with Crippen LogP contribution in [-0.4, -0.2) is 18.7 Å². The van der Waals surface area contributed by atoms with Crippen LogP contribution < -0.4 is 11.1 Å². The number of allylic oxidation sites excluding steroid dienone is 1. The van der Waals surface area contributed by atoms with Gasteiger partial charge in [-0.15, -0.1) is 0 Å². The van der Waals surface area contributed by atoms with Crippen molar-refractivity contribution in [1.82, 2.24) is 5.32 Å². The lowest BCUT2D eigenvalue weighted by atomic mass is 9.83. The van der Waals surface area contributed by atoms with Crippen LogP contribution in [0.5, 0.6) is 0 Å². The number of nitrogens with two attached hydrogens (primary N) is 1. The standard InChI is InChI=1S/C18H23F3N2O/c1-3-17(10-22)24-11-16-9-14(8-12(2)23-16)13-4-6-15(7-5-13)18(19,20)21/h3-7,10,12,14,16,23H,1,8-9,11,22H2,2H3/b17-10+. The van der Waals surface area contributed by atoms with Crippen LogP contribution in [0.15, 0.2) is 48.9 Å². The van der Waals surface area contributed by atoms with Crippen molar-refractivity contribution in [2.24, 2.45) is 5.73 Å². The Morgan fingerprint density at radius 2 is 2.00 bits per heavy atom. The number of halogens is 3. The molecule has 1 aromatic carbocycles. The first-order valence-electron chi connectivity index (χ1n) is 7.93. The van der Waals surface area contributed by atoms with E-state index in [2.05, 4.69) is 18.8 Å². The van der Waals surface area contributed by atoms with Gasteiger partial charge in [0.15, 0.2) is 0 Å². The van der Waals surface area contributed by atoms with Gasteiger partial charge in [0.25, 0.3) is 0 Å². The molecule has 0 saturated carbocycles. The summed E-state index contributed by atoms with van der Waals surface area (Å²) in [6.07, 6.45) is 0.270. The van der Waals surface area contributed by atoms with Crippen LogP contribution in [0.25, 0.3) is 0 Å². The van der Waals surface area contributed by atoms with E-state index in [0.717, 1.165) is 30.5 Å². The van der Waals surface area contributed by atoms with Crippen LogP contribution in [0.1, 0.15) is 36.8 Å². The van der Waals surface area contributed by atoms with Gasteiger partial charge in [0.05, 0.1) is 5.56 Å². The summed E-state index contributed by atoms with van der Waals surface area (Å²) >= 11 is 0. The van der Waals surface area contributed by atoms with Gasteiger partial charge in [-0.3, -0.25) is 0 Å². The van der Waals surface area contributed by atoms with Crippen LogP contribution in [-0.2, 0) is 10.9 Å². The van der Waals surface area contributed by atoms with Gasteiger partial charge in [0.2, 0.25) is 0 Å². The number of ether oxygens (including phenoxy) is 1. The van der Waals surface area contributed by atoms with E-state index in [4.69, 9.17) is 10.5 Å². The second kappa shape index (κ2) is 7.75. The molecule has 0 aliphatic carbocycles. The maximum absolute atomic E-state index is 12.7. The normalized spacial score (nSPS) is 25.3. The first-order valence-corrected chi connectivity index (χ1v) is 7.93. The SMILES string of the molecule is C=C/C(=C\N)OCC1CC(c2ccc(C(F)(F)F)cc2)CC(C)N1. The molecule has 3 N–H and O–H groups in total. The van der Waals surface area contributed by atoms with Crippen LogP contribution in [0.2, 0.25) is 0 Å². The van der Waals surface area contributed by atoms with E-state index in [1.165, 1.54) is 6.20 Å². The molecule has 1 heterocycles. The molecule has 0 bridgehead atoms. The molecule has 0 radical (unpaired) electrons. The molecule has 3 unspecified atom stereocenters. The van der Waals surface area contributed by atoms with Crippen molar-refractivity contribution < 1.29 is 17.9 Å². The predicted molar refractivity (Wildman–Crippen MR) is 88.2 cm³/mol. The number of nitrogens with one attached hydrogen (secondary N) is 1. The second-order valence-corrected chi connectivity index (χ2v) is 6.14. The monoisotopic (exact) mass is 340 g/mol. The Morgan fingerprint density at radius 3 is 2.54 bits per heavy atom. The Balaban J connectivity index is 2.03. The van der Waals surface area contributed by atoms with Crippen molar-refractivity contribution >= 4 is 0 Å². The van der Waals surface area contributed by atoms with Crippen molar-refractivity contribution in [1.29, 1.82) is 0 Å². The number of piperidine rings is 1. The Morgan fingerprint density at radius 1 is 1.33 bits per heavy atom. The molecule has 1 fully saturated rings. The highest BCUT2D eigenvalue weighted by atomic mass is 19.4. The summed E-state index contributed by atoms with van der Waals surface area (Å²) in [4.78, 5) is 0. The Bertz CT molecular complexity index is 581. The van der Waals surface area contributed by atoms with Crippen molar-refractivity contribution in [3.8, 4) is 0 Å². The maximum Gasteiger partial charge on any atom is 0.416 e. The molecule has 1 aliphatic rings. The molecule has 1 aliphatic heterocycles. The molecule has 24 heavy (non-hydrogen) atoms. The second-order valence-electron chi connectivity index (χ2n) is 6.14. The minimum atomic E-state index is -4.30. The van der Waals surface area contributed by atoms with Crippen molar-refractivity contribution in [2.75, 3.05) is 6.61 Å².